The molecule has 3 rings (SSSR count). The molecule has 1 aliphatic heterocycles. The lowest BCUT2D eigenvalue weighted by Crippen LogP contribution is -2.40. The number of fused-ring (bicyclic) bond motifs is 1. The Morgan fingerprint density at radius 3 is 2.52 bits per heavy atom. The van der Waals surface area contributed by atoms with E-state index < -0.39 is 47.1 Å². The van der Waals surface area contributed by atoms with E-state index in [4.69, 9.17) is 9.47 Å². The molecule has 0 spiro atoms. The van der Waals surface area contributed by atoms with E-state index in [9.17, 15) is 35.1 Å². The Morgan fingerprint density at radius 2 is 1.86 bits per heavy atom. The monoisotopic (exact) mass is 408 g/mol. The van der Waals surface area contributed by atoms with Gasteiger partial charge in [0.25, 0.3) is 0 Å². The van der Waals surface area contributed by atoms with Gasteiger partial charge in [-0.05, 0) is 17.5 Å². The molecule has 0 unspecified atom stereocenters. The Balaban J connectivity index is 2.12. The number of carbonyl (C=O) groups is 1. The van der Waals surface area contributed by atoms with Gasteiger partial charge in [0.15, 0.2) is 17.2 Å². The molecule has 2 aromatic carbocycles. The normalized spacial score (nSPS) is 21.7. The summed E-state index contributed by atoms with van der Waals surface area (Å²) >= 11 is 0. The molecule has 3 atom stereocenters. The van der Waals surface area contributed by atoms with Gasteiger partial charge in [-0.2, -0.15) is 0 Å². The highest BCUT2D eigenvalue weighted by Crippen LogP contribution is 2.45. The van der Waals surface area contributed by atoms with Crippen LogP contribution in [0, 0.1) is 0 Å². The Kier molecular flexibility index (Phi) is 5.78. The fourth-order valence-electron chi connectivity index (χ4n) is 3.17. The average Bonchev–Trinajstić information content (AvgIpc) is 2.81. The molecule has 0 radical (unpaired) electrons. The highest BCUT2D eigenvalue weighted by atomic mass is 16.7. The lowest BCUT2D eigenvalue weighted by molar-refractivity contribution is -0.185. The number of phenols is 2. The number of carbonyl (C=O) groups excluding carboxylic acids is 1. The maximum atomic E-state index is 12.1. The minimum Gasteiger partial charge on any atom is -0.504 e. The van der Waals surface area contributed by atoms with Gasteiger partial charge in [-0.3, -0.25) is 4.79 Å². The summed E-state index contributed by atoms with van der Waals surface area (Å²) in [5.41, 5.74) is -1.16. The van der Waals surface area contributed by atoms with Crippen molar-refractivity contribution >= 4 is 16.7 Å². The van der Waals surface area contributed by atoms with E-state index in [1.807, 2.05) is 0 Å². The summed E-state index contributed by atoms with van der Waals surface area (Å²) in [5, 5.41) is 49.5. The maximum Gasteiger partial charge on any atom is 0.338 e. The average molecular weight is 408 g/mol. The third kappa shape index (κ3) is 4.04. The number of rotatable bonds is 4. The Hall–Kier alpha value is -3.08. The molecule has 0 aromatic heterocycles. The zero-order valence-electron chi connectivity index (χ0n) is 15.4. The molecule has 1 fully saturated rings. The SMILES string of the molecule is COC(=O)c1cc(=O)c(O)c2c(O)c(O)c(O[C@H]3C[C@@H](O)C[C@@H](CO)O3)cc2c1. The zero-order valence-corrected chi connectivity index (χ0v) is 15.4. The number of phenolic OH excluding ortho intramolecular Hbond substituents is 2. The molecule has 5 N–H and O–H groups in total. The quantitative estimate of drug-likeness (QED) is 0.352. The standard InChI is InChI=1S/C19H20O10/c1-27-19(26)9-2-8-4-13(29-14-6-10(21)5-11(7-20)28-14)17(24)18(25)15(8)16(23)12(22)3-9/h2-4,10-11,14,20-21,24-25H,5-7H2,1H3,(H,22,23)/t10-,11-,14-/m0/s1. The summed E-state index contributed by atoms with van der Waals surface area (Å²) in [7, 11) is 1.11. The van der Waals surface area contributed by atoms with E-state index in [1.165, 1.54) is 12.1 Å². The molecule has 1 saturated heterocycles. The van der Waals surface area contributed by atoms with Gasteiger partial charge in [-0.15, -0.1) is 0 Å². The van der Waals surface area contributed by atoms with Crippen LogP contribution in [-0.2, 0) is 9.47 Å². The van der Waals surface area contributed by atoms with Crippen LogP contribution in [0.3, 0.4) is 0 Å². The van der Waals surface area contributed by atoms with Gasteiger partial charge in [0, 0.05) is 18.9 Å². The molecule has 10 heteroatoms. The molecule has 1 aliphatic rings. The number of hydrogen-bond acceptors (Lipinski definition) is 10. The smallest absolute Gasteiger partial charge is 0.338 e. The van der Waals surface area contributed by atoms with Gasteiger partial charge in [0.05, 0.1) is 36.9 Å². The largest absolute Gasteiger partial charge is 0.504 e. The summed E-state index contributed by atoms with van der Waals surface area (Å²) < 4.78 is 15.6. The van der Waals surface area contributed by atoms with Gasteiger partial charge >= 0.3 is 5.97 Å². The molecular formula is C19H20O10. The third-order valence-electron chi connectivity index (χ3n) is 4.56. The van der Waals surface area contributed by atoms with Gasteiger partial charge in [0.2, 0.25) is 17.5 Å². The van der Waals surface area contributed by atoms with E-state index in [1.54, 1.807) is 0 Å². The molecular weight excluding hydrogens is 388 g/mol. The van der Waals surface area contributed by atoms with Crippen molar-refractivity contribution in [2.45, 2.75) is 31.3 Å². The van der Waals surface area contributed by atoms with Crippen molar-refractivity contribution < 1.29 is 44.5 Å². The number of methoxy groups -OCH3 is 1. The van der Waals surface area contributed by atoms with E-state index in [2.05, 4.69) is 4.74 Å². The highest BCUT2D eigenvalue weighted by Gasteiger charge is 2.30. The molecule has 1 heterocycles. The third-order valence-corrected chi connectivity index (χ3v) is 4.56. The van der Waals surface area contributed by atoms with Crippen molar-refractivity contribution in [3.05, 3.63) is 34.0 Å². The molecule has 156 valence electrons. The molecule has 2 aromatic rings. The highest BCUT2D eigenvalue weighted by molar-refractivity contribution is 6.00. The van der Waals surface area contributed by atoms with E-state index >= 15 is 0 Å². The second-order valence-electron chi connectivity index (χ2n) is 6.60. The fourth-order valence-corrected chi connectivity index (χ4v) is 3.17. The number of aromatic hydroxyl groups is 3. The Morgan fingerprint density at radius 1 is 1.14 bits per heavy atom. The maximum absolute atomic E-state index is 12.1. The lowest BCUT2D eigenvalue weighted by Gasteiger charge is -2.32. The number of esters is 1. The lowest BCUT2D eigenvalue weighted by atomic mass is 10.1. The minimum absolute atomic E-state index is 0.00497. The van der Waals surface area contributed by atoms with Crippen molar-refractivity contribution in [2.24, 2.45) is 0 Å². The molecule has 10 nitrogen and oxygen atoms in total. The van der Waals surface area contributed by atoms with Crippen molar-refractivity contribution in [2.75, 3.05) is 13.7 Å². The number of aliphatic hydroxyl groups excluding tert-OH is 2. The Bertz CT molecular complexity index is 1000. The number of aliphatic hydroxyl groups is 2. The number of ether oxygens (including phenoxy) is 3. The van der Waals surface area contributed by atoms with Crippen LogP contribution in [0.1, 0.15) is 23.2 Å². The van der Waals surface area contributed by atoms with Crippen molar-refractivity contribution in [3.63, 3.8) is 0 Å². The second kappa shape index (κ2) is 8.11. The van der Waals surface area contributed by atoms with Crippen LogP contribution in [0.15, 0.2) is 23.0 Å². The van der Waals surface area contributed by atoms with Crippen LogP contribution in [0.25, 0.3) is 10.8 Å². The first kappa shape index (κ1) is 20.6. The molecule has 0 saturated carbocycles. The van der Waals surface area contributed by atoms with Crippen LogP contribution >= 0.6 is 0 Å². The minimum atomic E-state index is -1.04. The molecule has 0 bridgehead atoms. The first-order valence-electron chi connectivity index (χ1n) is 8.70. The predicted octanol–water partition coefficient (Wildman–Crippen LogP) is 0.340. The zero-order chi connectivity index (χ0) is 21.3. The van der Waals surface area contributed by atoms with E-state index in [0.717, 1.165) is 13.2 Å². The summed E-state index contributed by atoms with van der Waals surface area (Å²) in [6, 6.07) is 3.21. The number of benzene rings is 1. The van der Waals surface area contributed by atoms with E-state index in [0.29, 0.717) is 0 Å². The van der Waals surface area contributed by atoms with E-state index in [-0.39, 0.29) is 41.5 Å². The summed E-state index contributed by atoms with van der Waals surface area (Å²) in [6.07, 6.45) is -2.27. The van der Waals surface area contributed by atoms with Crippen LogP contribution in [-0.4, -0.2) is 63.7 Å². The predicted molar refractivity (Wildman–Crippen MR) is 98.2 cm³/mol. The van der Waals surface area contributed by atoms with Gasteiger partial charge in [-0.25, -0.2) is 4.79 Å². The molecule has 0 amide bonds. The van der Waals surface area contributed by atoms with Crippen molar-refractivity contribution in [1.82, 2.24) is 0 Å². The van der Waals surface area contributed by atoms with Crippen LogP contribution in [0.5, 0.6) is 23.0 Å². The fraction of sp³-hybridized carbons (Fsp3) is 0.368. The second-order valence-corrected chi connectivity index (χ2v) is 6.60. The van der Waals surface area contributed by atoms with Crippen LogP contribution < -0.4 is 10.2 Å². The summed E-state index contributed by atoms with van der Waals surface area (Å²) in [6.45, 7) is -0.343. The first-order chi connectivity index (χ1) is 13.7. The summed E-state index contributed by atoms with van der Waals surface area (Å²) in [5.74, 6) is -3.62. The van der Waals surface area contributed by atoms with Crippen LogP contribution in [0.2, 0.25) is 0 Å². The Labute approximate surface area is 164 Å². The summed E-state index contributed by atoms with van der Waals surface area (Å²) in [4.78, 5) is 24.0. The number of hydrogen-bond donors (Lipinski definition) is 5. The van der Waals surface area contributed by atoms with Gasteiger partial charge in [-0.1, -0.05) is 0 Å². The van der Waals surface area contributed by atoms with Gasteiger partial charge < -0.3 is 39.7 Å². The molecule has 0 aliphatic carbocycles. The van der Waals surface area contributed by atoms with Crippen molar-refractivity contribution in [1.29, 1.82) is 0 Å². The molecule has 29 heavy (non-hydrogen) atoms. The van der Waals surface area contributed by atoms with Crippen molar-refractivity contribution in [3.8, 4) is 23.0 Å². The topological polar surface area (TPSA) is 163 Å². The first-order valence-corrected chi connectivity index (χ1v) is 8.70. The van der Waals surface area contributed by atoms with Gasteiger partial charge in [0.1, 0.15) is 0 Å². The van der Waals surface area contributed by atoms with Crippen LogP contribution in [0.4, 0.5) is 0 Å².